The van der Waals surface area contributed by atoms with Crippen molar-refractivity contribution in [1.29, 1.82) is 0 Å². The summed E-state index contributed by atoms with van der Waals surface area (Å²) in [6.07, 6.45) is 0.865. The molecule has 2 N–H and O–H groups in total. The molecule has 0 aromatic heterocycles. The minimum Gasteiger partial charge on any atom is -0.490 e. The highest BCUT2D eigenvalue weighted by Gasteiger charge is 2.16. The van der Waals surface area contributed by atoms with Crippen molar-refractivity contribution in [2.45, 2.75) is 20.3 Å². The number of carbonyl (C=O) groups is 1. The highest BCUT2D eigenvalue weighted by atomic mass is 79.9. The number of amides is 1. The van der Waals surface area contributed by atoms with Crippen molar-refractivity contribution >= 4 is 44.9 Å². The number of hydrogen-bond acceptors (Lipinski definition) is 4. The summed E-state index contributed by atoms with van der Waals surface area (Å²) in [5.41, 5.74) is 3.52. The molecule has 2 rings (SSSR count). The van der Waals surface area contributed by atoms with Crippen LogP contribution in [0.25, 0.3) is 0 Å². The Bertz CT molecular complexity index is 827. The number of thiocarbonyl (C=S) groups is 1. The Labute approximate surface area is 173 Å². The lowest BCUT2D eigenvalue weighted by Gasteiger charge is -2.16. The van der Waals surface area contributed by atoms with E-state index in [4.69, 9.17) is 21.7 Å². The first kappa shape index (κ1) is 21.3. The van der Waals surface area contributed by atoms with Gasteiger partial charge in [0.1, 0.15) is 12.4 Å². The zero-order chi connectivity index (χ0) is 19.8. The molecule has 2 aromatic carbocycles. The molecule has 7 heteroatoms. The highest BCUT2D eigenvalue weighted by Crippen LogP contribution is 2.24. The molecule has 0 spiro atoms. The highest BCUT2D eigenvalue weighted by molar-refractivity contribution is 9.10. The van der Waals surface area contributed by atoms with Crippen LogP contribution in [0.15, 0.2) is 40.9 Å². The van der Waals surface area contributed by atoms with Gasteiger partial charge in [0.05, 0.1) is 12.2 Å². The molecule has 1 amide bonds. The summed E-state index contributed by atoms with van der Waals surface area (Å²) in [6.45, 7) is 4.86. The molecule has 5 nitrogen and oxygen atoms in total. The number of halogens is 1. The molecule has 0 atom stereocenters. The Morgan fingerprint density at radius 3 is 2.70 bits per heavy atom. The zero-order valence-corrected chi connectivity index (χ0v) is 18.0. The fraction of sp³-hybridized carbons (Fsp3) is 0.300. The predicted molar refractivity (Wildman–Crippen MR) is 116 cm³/mol. The molecule has 0 saturated heterocycles. The van der Waals surface area contributed by atoms with Gasteiger partial charge >= 0.3 is 0 Å². The number of para-hydroxylation sites is 1. The van der Waals surface area contributed by atoms with Gasteiger partial charge in [-0.3, -0.25) is 10.1 Å². The zero-order valence-electron chi connectivity index (χ0n) is 15.6. The van der Waals surface area contributed by atoms with E-state index in [1.807, 2.05) is 31.2 Å². The van der Waals surface area contributed by atoms with Gasteiger partial charge in [-0.05, 0) is 54.9 Å². The predicted octanol–water partition coefficient (Wildman–Crippen LogP) is 4.47. The van der Waals surface area contributed by atoms with Crippen LogP contribution in [0.4, 0.5) is 5.69 Å². The summed E-state index contributed by atoms with van der Waals surface area (Å²) in [6, 6.07) is 11.3. The van der Waals surface area contributed by atoms with Crippen molar-refractivity contribution in [3.63, 3.8) is 0 Å². The van der Waals surface area contributed by atoms with E-state index >= 15 is 0 Å². The van der Waals surface area contributed by atoms with E-state index in [0.29, 0.717) is 24.5 Å². The van der Waals surface area contributed by atoms with E-state index in [2.05, 4.69) is 33.5 Å². The smallest absolute Gasteiger partial charge is 0.261 e. The van der Waals surface area contributed by atoms with E-state index in [1.54, 1.807) is 19.2 Å². The summed E-state index contributed by atoms with van der Waals surface area (Å²) in [4.78, 5) is 12.7. The molecular weight excluding hydrogens is 428 g/mol. The monoisotopic (exact) mass is 450 g/mol. The summed E-state index contributed by atoms with van der Waals surface area (Å²) in [7, 11) is 1.60. The maximum Gasteiger partial charge on any atom is 0.261 e. The number of benzene rings is 2. The van der Waals surface area contributed by atoms with E-state index < -0.39 is 0 Å². The summed E-state index contributed by atoms with van der Waals surface area (Å²) >= 11 is 8.73. The second-order valence-corrected chi connectivity index (χ2v) is 7.18. The van der Waals surface area contributed by atoms with Crippen LogP contribution in [0.2, 0.25) is 0 Å². The molecule has 2 aromatic rings. The van der Waals surface area contributed by atoms with Gasteiger partial charge in [-0.25, -0.2) is 0 Å². The SMILES string of the molecule is CCc1cccc(C)c1NC(=S)NC(=O)c1cc(Br)ccc1OCCOC. The van der Waals surface area contributed by atoms with Crippen LogP contribution in [-0.4, -0.2) is 31.3 Å². The van der Waals surface area contributed by atoms with Gasteiger partial charge in [0.25, 0.3) is 5.91 Å². The molecule has 0 aliphatic carbocycles. The van der Waals surface area contributed by atoms with E-state index in [0.717, 1.165) is 27.7 Å². The quantitative estimate of drug-likeness (QED) is 0.481. The Morgan fingerprint density at radius 2 is 2.00 bits per heavy atom. The van der Waals surface area contributed by atoms with Crippen LogP contribution in [0, 0.1) is 6.92 Å². The normalized spacial score (nSPS) is 10.4. The second-order valence-electron chi connectivity index (χ2n) is 5.85. The number of anilines is 1. The molecule has 0 aliphatic heterocycles. The number of ether oxygens (including phenoxy) is 2. The maximum atomic E-state index is 12.7. The van der Waals surface area contributed by atoms with Gasteiger partial charge in [0, 0.05) is 17.3 Å². The van der Waals surface area contributed by atoms with Crippen molar-refractivity contribution in [2.24, 2.45) is 0 Å². The first-order valence-electron chi connectivity index (χ1n) is 8.58. The first-order chi connectivity index (χ1) is 13.0. The Hall–Kier alpha value is -1.96. The van der Waals surface area contributed by atoms with Crippen LogP contribution in [0.5, 0.6) is 5.75 Å². The summed E-state index contributed by atoms with van der Waals surface area (Å²) < 4.78 is 11.4. The van der Waals surface area contributed by atoms with Crippen LogP contribution in [0.3, 0.4) is 0 Å². The van der Waals surface area contributed by atoms with Crippen LogP contribution in [0.1, 0.15) is 28.4 Å². The fourth-order valence-electron chi connectivity index (χ4n) is 2.56. The van der Waals surface area contributed by atoms with E-state index in [-0.39, 0.29) is 11.0 Å². The minimum atomic E-state index is -0.340. The third-order valence-corrected chi connectivity index (χ3v) is 4.63. The molecular formula is C20H23BrN2O3S. The van der Waals surface area contributed by atoms with Gasteiger partial charge in [-0.15, -0.1) is 0 Å². The van der Waals surface area contributed by atoms with Crippen molar-refractivity contribution in [3.05, 3.63) is 57.6 Å². The lowest BCUT2D eigenvalue weighted by Crippen LogP contribution is -2.34. The largest absolute Gasteiger partial charge is 0.490 e. The number of rotatable bonds is 7. The average molecular weight is 451 g/mol. The summed E-state index contributed by atoms with van der Waals surface area (Å²) in [5.74, 6) is 0.133. The Kier molecular flexibility index (Phi) is 8.22. The molecule has 27 heavy (non-hydrogen) atoms. The van der Waals surface area contributed by atoms with Crippen LogP contribution in [-0.2, 0) is 11.2 Å². The molecule has 0 bridgehead atoms. The number of carbonyl (C=O) groups excluding carboxylic acids is 1. The van der Waals surface area contributed by atoms with Crippen molar-refractivity contribution in [2.75, 3.05) is 25.6 Å². The van der Waals surface area contributed by atoms with Gasteiger partial charge < -0.3 is 14.8 Å². The number of methoxy groups -OCH3 is 1. The van der Waals surface area contributed by atoms with Crippen molar-refractivity contribution in [3.8, 4) is 5.75 Å². The Balaban J connectivity index is 2.13. The van der Waals surface area contributed by atoms with Crippen molar-refractivity contribution < 1.29 is 14.3 Å². The molecule has 0 heterocycles. The van der Waals surface area contributed by atoms with Gasteiger partial charge in [-0.2, -0.15) is 0 Å². The number of hydrogen-bond donors (Lipinski definition) is 2. The van der Waals surface area contributed by atoms with E-state index in [9.17, 15) is 4.79 Å². The molecule has 0 radical (unpaired) electrons. The number of aryl methyl sites for hydroxylation is 2. The van der Waals surface area contributed by atoms with Crippen molar-refractivity contribution in [1.82, 2.24) is 5.32 Å². The molecule has 0 saturated carbocycles. The topological polar surface area (TPSA) is 59.6 Å². The van der Waals surface area contributed by atoms with Gasteiger partial charge in [-0.1, -0.05) is 41.1 Å². The van der Waals surface area contributed by atoms with E-state index in [1.165, 1.54) is 0 Å². The average Bonchev–Trinajstić information content (AvgIpc) is 2.64. The number of nitrogens with one attached hydrogen (secondary N) is 2. The summed E-state index contributed by atoms with van der Waals surface area (Å²) in [5, 5.41) is 6.12. The maximum absolute atomic E-state index is 12.7. The van der Waals surface area contributed by atoms with Gasteiger partial charge in [0.2, 0.25) is 0 Å². The molecule has 0 aliphatic rings. The molecule has 144 valence electrons. The van der Waals surface area contributed by atoms with Crippen LogP contribution < -0.4 is 15.4 Å². The molecule has 0 unspecified atom stereocenters. The Morgan fingerprint density at radius 1 is 1.22 bits per heavy atom. The minimum absolute atomic E-state index is 0.242. The second kappa shape index (κ2) is 10.4. The lowest BCUT2D eigenvalue weighted by molar-refractivity contribution is 0.0969. The van der Waals surface area contributed by atoms with Gasteiger partial charge in [0.15, 0.2) is 5.11 Å². The lowest BCUT2D eigenvalue weighted by atomic mass is 10.1. The first-order valence-corrected chi connectivity index (χ1v) is 9.78. The third kappa shape index (κ3) is 6.02. The third-order valence-electron chi connectivity index (χ3n) is 3.94. The van der Waals surface area contributed by atoms with Crippen LogP contribution >= 0.6 is 28.1 Å². The molecule has 0 fully saturated rings. The fourth-order valence-corrected chi connectivity index (χ4v) is 3.11. The standard InChI is InChI=1S/C20H23BrN2O3S/c1-4-14-7-5-6-13(2)18(14)22-20(27)23-19(24)16-12-15(21)8-9-17(16)26-11-10-25-3/h5-9,12H,4,10-11H2,1-3H3,(H2,22,23,24,27).